The van der Waals surface area contributed by atoms with Crippen LogP contribution in [0.1, 0.15) is 0 Å². The van der Waals surface area contributed by atoms with E-state index >= 15 is 0 Å². The van der Waals surface area contributed by atoms with Gasteiger partial charge in [0, 0.05) is 0 Å². The van der Waals surface area contributed by atoms with Gasteiger partial charge >= 0.3 is 360 Å². The molecule has 0 saturated heterocycles. The van der Waals surface area contributed by atoms with E-state index in [1.54, 1.807) is 0 Å². The Labute approximate surface area is 387 Å². The second-order valence-electron chi connectivity index (χ2n) is 17.4. The Hall–Kier alpha value is -8.00. The molecular formula is C64H39NSe. The summed E-state index contributed by atoms with van der Waals surface area (Å²) in [6.07, 6.45) is 0. The molecule has 12 aromatic carbocycles. The van der Waals surface area contributed by atoms with Gasteiger partial charge in [-0.2, -0.15) is 0 Å². The molecule has 0 aliphatic rings. The van der Waals surface area contributed by atoms with Crippen LogP contribution in [-0.4, -0.2) is 19.1 Å². The van der Waals surface area contributed by atoms with Crippen molar-refractivity contribution in [2.75, 3.05) is 0 Å². The molecule has 0 amide bonds. The molecular weight excluding hydrogens is 862 g/mol. The summed E-state index contributed by atoms with van der Waals surface area (Å²) in [5, 5.41) is 15.5. The summed E-state index contributed by atoms with van der Waals surface area (Å²) in [5.74, 6) is 0. The summed E-state index contributed by atoms with van der Waals surface area (Å²) < 4.78 is 5.35. The molecule has 0 bridgehead atoms. The average molecular weight is 901 g/mol. The number of nitrogens with zero attached hydrogens (tertiary/aromatic N) is 1. The van der Waals surface area contributed by atoms with Gasteiger partial charge in [0.05, 0.1) is 0 Å². The summed E-state index contributed by atoms with van der Waals surface area (Å²) in [6, 6.07) is 88.1. The zero-order chi connectivity index (χ0) is 43.3. The summed E-state index contributed by atoms with van der Waals surface area (Å²) in [5.41, 5.74) is 13.9. The fraction of sp³-hybridized carbons (Fsp3) is 0. The van der Waals surface area contributed by atoms with Gasteiger partial charge in [-0.25, -0.2) is 0 Å². The van der Waals surface area contributed by atoms with Gasteiger partial charge in [-0.1, -0.05) is 30.3 Å². The van der Waals surface area contributed by atoms with Crippen LogP contribution in [0.25, 0.3) is 134 Å². The summed E-state index contributed by atoms with van der Waals surface area (Å²) in [6.45, 7) is 0. The van der Waals surface area contributed by atoms with Crippen molar-refractivity contribution in [2.24, 2.45) is 0 Å². The van der Waals surface area contributed by atoms with E-state index in [2.05, 4.69) is 241 Å². The quantitative estimate of drug-likeness (QED) is 0.120. The van der Waals surface area contributed by atoms with Crippen LogP contribution in [0.5, 0.6) is 0 Å². The fourth-order valence-electron chi connectivity index (χ4n) is 11.3. The first-order chi connectivity index (χ1) is 32.8. The number of fused-ring (bicyclic) bond motifs is 10. The number of hydrogen-bond acceptors (Lipinski definition) is 0. The molecule has 66 heavy (non-hydrogen) atoms. The van der Waals surface area contributed by atoms with E-state index in [4.69, 9.17) is 0 Å². The number of rotatable bonds is 5. The Morgan fingerprint density at radius 1 is 0.273 bits per heavy atom. The van der Waals surface area contributed by atoms with E-state index in [-0.39, 0.29) is 14.5 Å². The van der Waals surface area contributed by atoms with Crippen molar-refractivity contribution < 1.29 is 0 Å². The van der Waals surface area contributed by atoms with Gasteiger partial charge in [0.1, 0.15) is 0 Å². The molecule has 0 aliphatic heterocycles. The Morgan fingerprint density at radius 2 is 0.727 bits per heavy atom. The molecule has 0 radical (unpaired) electrons. The molecule has 0 atom stereocenters. The van der Waals surface area contributed by atoms with Gasteiger partial charge in [0.15, 0.2) is 0 Å². The SMILES string of the molecule is c1ccc(-c2c3ccccc3c(-c3cccc4[se]c5cc(-c6c7ccccc7c(-c7cccc8c9ccccc9n(-c9ccccc9)c78)c7ccccc67)ccc5c34)c3ccccc23)cc1. The van der Waals surface area contributed by atoms with E-state index in [0.29, 0.717) is 0 Å². The summed E-state index contributed by atoms with van der Waals surface area (Å²) in [4.78, 5) is 0. The maximum absolute atomic E-state index is 2.52. The van der Waals surface area contributed by atoms with Crippen molar-refractivity contribution in [2.45, 2.75) is 0 Å². The van der Waals surface area contributed by atoms with Gasteiger partial charge < -0.3 is 0 Å². The molecule has 0 spiro atoms. The van der Waals surface area contributed by atoms with Crippen LogP contribution in [0.2, 0.25) is 0 Å². The Balaban J connectivity index is 1.01. The van der Waals surface area contributed by atoms with Crippen molar-refractivity contribution >= 4 is 98.7 Å². The number of para-hydroxylation sites is 3. The van der Waals surface area contributed by atoms with Crippen molar-refractivity contribution in [3.05, 3.63) is 237 Å². The topological polar surface area (TPSA) is 4.93 Å². The number of hydrogen-bond donors (Lipinski definition) is 0. The van der Waals surface area contributed by atoms with Crippen LogP contribution in [0.4, 0.5) is 0 Å². The minimum atomic E-state index is 0.137. The second-order valence-corrected chi connectivity index (χ2v) is 19.7. The Bertz CT molecular complexity index is 4160. The zero-order valence-electron chi connectivity index (χ0n) is 35.9. The van der Waals surface area contributed by atoms with Crippen LogP contribution < -0.4 is 0 Å². The monoisotopic (exact) mass is 901 g/mol. The summed E-state index contributed by atoms with van der Waals surface area (Å²) in [7, 11) is 0. The van der Waals surface area contributed by atoms with Crippen LogP contribution in [0, 0.1) is 0 Å². The van der Waals surface area contributed by atoms with E-state index in [1.165, 1.54) is 129 Å². The van der Waals surface area contributed by atoms with E-state index in [9.17, 15) is 0 Å². The van der Waals surface area contributed by atoms with Crippen LogP contribution in [0.15, 0.2) is 237 Å². The van der Waals surface area contributed by atoms with Gasteiger partial charge in [0.2, 0.25) is 0 Å². The molecule has 0 aliphatic carbocycles. The third-order valence-corrected chi connectivity index (χ3v) is 16.3. The van der Waals surface area contributed by atoms with Crippen LogP contribution >= 0.6 is 0 Å². The van der Waals surface area contributed by atoms with E-state index in [1.807, 2.05) is 0 Å². The molecule has 1 nitrogen and oxygen atoms in total. The Morgan fingerprint density at radius 3 is 1.33 bits per heavy atom. The molecule has 0 fully saturated rings. The summed E-state index contributed by atoms with van der Waals surface area (Å²) >= 11 is 0.137. The predicted octanol–water partition coefficient (Wildman–Crippen LogP) is 17.4. The van der Waals surface area contributed by atoms with Gasteiger partial charge in [-0.05, 0) is 0 Å². The first-order valence-corrected chi connectivity index (χ1v) is 24.5. The molecule has 0 saturated carbocycles. The molecule has 2 aromatic heterocycles. The molecule has 14 rings (SSSR count). The van der Waals surface area contributed by atoms with Crippen LogP contribution in [-0.2, 0) is 0 Å². The minimum absolute atomic E-state index is 0.137. The van der Waals surface area contributed by atoms with Crippen molar-refractivity contribution in [1.29, 1.82) is 0 Å². The van der Waals surface area contributed by atoms with Gasteiger partial charge in [0.25, 0.3) is 0 Å². The normalized spacial score (nSPS) is 11.9. The molecule has 0 unspecified atom stereocenters. The first kappa shape index (κ1) is 37.4. The van der Waals surface area contributed by atoms with Crippen molar-refractivity contribution in [3.8, 4) is 50.2 Å². The molecule has 2 heterocycles. The van der Waals surface area contributed by atoms with Gasteiger partial charge in [-0.15, -0.1) is 0 Å². The molecule has 14 aromatic rings. The first-order valence-electron chi connectivity index (χ1n) is 22.8. The number of benzene rings is 12. The standard InChI is InChI=1S/C64H39NSe/c1-3-19-40(20-4-1)59-44-24-7-11-28-48(44)61(49-29-12-8-25-45(49)59)54-33-18-36-57-63(54)53-38-37-41(39-58(53)66-57)60-46-26-9-13-30-50(46)62(51-31-14-10-27-47(51)60)55-34-17-32-52-43-23-15-16-35-56(43)65(64(52)55)42-21-5-2-6-22-42/h1-39H. The number of aromatic nitrogens is 1. The van der Waals surface area contributed by atoms with E-state index in [0.717, 1.165) is 5.69 Å². The van der Waals surface area contributed by atoms with Gasteiger partial charge in [-0.3, -0.25) is 0 Å². The van der Waals surface area contributed by atoms with Crippen molar-refractivity contribution in [3.63, 3.8) is 0 Å². The molecule has 306 valence electrons. The van der Waals surface area contributed by atoms with Crippen LogP contribution in [0.3, 0.4) is 0 Å². The fourth-order valence-corrected chi connectivity index (χ4v) is 13.8. The second kappa shape index (κ2) is 14.8. The van der Waals surface area contributed by atoms with E-state index < -0.39 is 0 Å². The third-order valence-electron chi connectivity index (χ3n) is 14.0. The Kier molecular flexibility index (Phi) is 8.37. The predicted molar refractivity (Wildman–Crippen MR) is 285 cm³/mol. The average Bonchev–Trinajstić information content (AvgIpc) is 3.94. The molecule has 2 heteroatoms. The maximum atomic E-state index is 2.52. The van der Waals surface area contributed by atoms with Crippen molar-refractivity contribution in [1.82, 2.24) is 4.57 Å². The molecule has 0 N–H and O–H groups in total. The zero-order valence-corrected chi connectivity index (χ0v) is 37.6. The third kappa shape index (κ3) is 5.47.